The lowest BCUT2D eigenvalue weighted by atomic mass is 9.96. The molecular weight excluding hydrogens is 384 g/mol. The summed E-state index contributed by atoms with van der Waals surface area (Å²) in [5.74, 6) is -2.15. The first-order chi connectivity index (χ1) is 12.0. The molecule has 0 fully saturated rings. The molecule has 0 saturated heterocycles. The normalized spacial score (nSPS) is 10.4. The van der Waals surface area contributed by atoms with E-state index < -0.39 is 23.1 Å². The van der Waals surface area contributed by atoms with Crippen LogP contribution in [0.5, 0.6) is 11.5 Å². The molecule has 4 nitrogen and oxygen atoms in total. The number of hydrogen-bond donors (Lipinski definition) is 2. The number of benzene rings is 3. The fraction of sp³-hybridized carbons (Fsp3) is 0. The highest BCUT2D eigenvalue weighted by atomic mass is 79.9. The lowest BCUT2D eigenvalue weighted by Crippen LogP contribution is -2.07. The molecule has 3 rings (SSSR count). The monoisotopic (exact) mass is 396 g/mol. The van der Waals surface area contributed by atoms with E-state index in [2.05, 4.69) is 15.9 Å². The van der Waals surface area contributed by atoms with Crippen LogP contribution >= 0.6 is 15.9 Å². The minimum atomic E-state index is -0.623. The second-order valence-corrected chi connectivity index (χ2v) is 6.22. The second-order valence-electron chi connectivity index (χ2n) is 5.37. The molecule has 0 amide bonds. The van der Waals surface area contributed by atoms with E-state index in [4.69, 9.17) is 0 Å². The van der Waals surface area contributed by atoms with E-state index in [0.29, 0.717) is 11.1 Å². The van der Waals surface area contributed by atoms with Crippen molar-refractivity contribution in [2.24, 2.45) is 0 Å². The van der Waals surface area contributed by atoms with Gasteiger partial charge in [0.15, 0.2) is 23.1 Å². The van der Waals surface area contributed by atoms with Gasteiger partial charge in [-0.1, -0.05) is 60.7 Å². The maximum Gasteiger partial charge on any atom is 0.198 e. The first-order valence-electron chi connectivity index (χ1n) is 7.44. The Morgan fingerprint density at radius 2 is 1.20 bits per heavy atom. The summed E-state index contributed by atoms with van der Waals surface area (Å²) in [4.78, 5) is 25.2. The topological polar surface area (TPSA) is 74.6 Å². The Labute approximate surface area is 152 Å². The quantitative estimate of drug-likeness (QED) is 0.508. The highest BCUT2D eigenvalue weighted by Crippen LogP contribution is 2.39. The van der Waals surface area contributed by atoms with Gasteiger partial charge in [-0.3, -0.25) is 9.59 Å². The molecule has 0 aliphatic rings. The summed E-state index contributed by atoms with van der Waals surface area (Å²) < 4.78 is 0.232. The Hall–Kier alpha value is -2.92. The van der Waals surface area contributed by atoms with Gasteiger partial charge in [0, 0.05) is 15.6 Å². The van der Waals surface area contributed by atoms with Crippen molar-refractivity contribution in [3.63, 3.8) is 0 Å². The molecule has 0 aliphatic carbocycles. The van der Waals surface area contributed by atoms with Crippen LogP contribution in [0.15, 0.2) is 71.2 Å². The Kier molecular flexibility index (Phi) is 4.67. The third kappa shape index (κ3) is 3.19. The summed E-state index contributed by atoms with van der Waals surface area (Å²) in [5, 5.41) is 20.6. The third-order valence-corrected chi connectivity index (χ3v) is 4.40. The van der Waals surface area contributed by atoms with E-state index in [-0.39, 0.29) is 15.6 Å². The molecule has 5 heteroatoms. The molecule has 0 saturated carbocycles. The molecule has 3 aromatic rings. The Morgan fingerprint density at radius 1 is 0.720 bits per heavy atom. The van der Waals surface area contributed by atoms with Gasteiger partial charge in [-0.2, -0.15) is 0 Å². The molecular formula is C20H13BrO4. The van der Waals surface area contributed by atoms with Gasteiger partial charge in [-0.25, -0.2) is 0 Å². The summed E-state index contributed by atoms with van der Waals surface area (Å²) >= 11 is 3.23. The summed E-state index contributed by atoms with van der Waals surface area (Å²) in [6.07, 6.45) is 0. The van der Waals surface area contributed by atoms with Crippen molar-refractivity contribution >= 4 is 27.5 Å². The van der Waals surface area contributed by atoms with Crippen LogP contribution in [0.25, 0.3) is 0 Å². The number of hydrogen-bond acceptors (Lipinski definition) is 4. The van der Waals surface area contributed by atoms with E-state index in [9.17, 15) is 19.8 Å². The van der Waals surface area contributed by atoms with E-state index in [1.54, 1.807) is 60.7 Å². The van der Waals surface area contributed by atoms with Gasteiger partial charge >= 0.3 is 0 Å². The number of carbonyl (C=O) groups excluding carboxylic acids is 2. The van der Waals surface area contributed by atoms with E-state index in [1.165, 1.54) is 6.07 Å². The average molecular weight is 397 g/mol. The first-order valence-corrected chi connectivity index (χ1v) is 8.24. The fourth-order valence-electron chi connectivity index (χ4n) is 2.49. The van der Waals surface area contributed by atoms with Crippen LogP contribution in [-0.2, 0) is 0 Å². The summed E-state index contributed by atoms with van der Waals surface area (Å²) in [5.41, 5.74) is 0.555. The number of ketones is 2. The molecule has 0 aliphatic heterocycles. The van der Waals surface area contributed by atoms with Crippen LogP contribution in [0, 0.1) is 0 Å². The summed E-state index contributed by atoms with van der Waals surface area (Å²) in [7, 11) is 0. The maximum absolute atomic E-state index is 12.6. The van der Waals surface area contributed by atoms with Crippen LogP contribution < -0.4 is 0 Å². The van der Waals surface area contributed by atoms with Gasteiger partial charge in [0.2, 0.25) is 0 Å². The van der Waals surface area contributed by atoms with Crippen LogP contribution in [-0.4, -0.2) is 21.8 Å². The molecule has 0 heterocycles. The van der Waals surface area contributed by atoms with E-state index >= 15 is 0 Å². The predicted octanol–water partition coefficient (Wildman–Crippen LogP) is 4.32. The van der Waals surface area contributed by atoms with Gasteiger partial charge in [0.1, 0.15) is 0 Å². The minimum absolute atomic E-state index is 0.0832. The number of rotatable bonds is 4. The SMILES string of the molecule is O=C(c1ccccc1)c1cc(Br)c(C(=O)c2ccccc2)c(O)c1O. The zero-order chi connectivity index (χ0) is 18.0. The van der Waals surface area contributed by atoms with Gasteiger partial charge in [0.05, 0.1) is 11.1 Å². The predicted molar refractivity (Wildman–Crippen MR) is 97.2 cm³/mol. The molecule has 25 heavy (non-hydrogen) atoms. The largest absolute Gasteiger partial charge is 0.504 e. The Balaban J connectivity index is 2.09. The standard InChI is InChI=1S/C20H13BrO4/c21-15-11-14(17(22)12-7-3-1-4-8-12)19(24)20(25)16(15)18(23)13-9-5-2-6-10-13/h1-11,24-25H. The molecule has 2 N–H and O–H groups in total. The van der Waals surface area contributed by atoms with Crippen molar-refractivity contribution in [3.05, 3.63) is 93.5 Å². The van der Waals surface area contributed by atoms with Gasteiger partial charge < -0.3 is 10.2 Å². The average Bonchev–Trinajstić information content (AvgIpc) is 2.65. The summed E-state index contributed by atoms with van der Waals surface area (Å²) in [6.45, 7) is 0. The van der Waals surface area contributed by atoms with Crippen molar-refractivity contribution in [1.82, 2.24) is 0 Å². The molecule has 124 valence electrons. The van der Waals surface area contributed by atoms with Gasteiger partial charge in [-0.05, 0) is 22.0 Å². The van der Waals surface area contributed by atoms with Crippen molar-refractivity contribution < 1.29 is 19.8 Å². The van der Waals surface area contributed by atoms with Crippen LogP contribution in [0.1, 0.15) is 31.8 Å². The zero-order valence-corrected chi connectivity index (χ0v) is 14.5. The molecule has 0 unspecified atom stereocenters. The van der Waals surface area contributed by atoms with Gasteiger partial charge in [0.25, 0.3) is 0 Å². The zero-order valence-electron chi connectivity index (χ0n) is 12.9. The molecule has 0 radical (unpaired) electrons. The van der Waals surface area contributed by atoms with E-state index in [0.717, 1.165) is 0 Å². The van der Waals surface area contributed by atoms with Crippen LogP contribution in [0.2, 0.25) is 0 Å². The number of carbonyl (C=O) groups is 2. The smallest absolute Gasteiger partial charge is 0.198 e. The summed E-state index contributed by atoms with van der Waals surface area (Å²) in [6, 6.07) is 18.1. The Bertz CT molecular complexity index is 950. The number of phenols is 2. The maximum atomic E-state index is 12.6. The number of halogens is 1. The number of phenolic OH excluding ortho intramolecular Hbond substituents is 2. The van der Waals surface area contributed by atoms with Gasteiger partial charge in [-0.15, -0.1) is 0 Å². The van der Waals surface area contributed by atoms with Crippen LogP contribution in [0.4, 0.5) is 0 Å². The van der Waals surface area contributed by atoms with E-state index in [1.807, 2.05) is 0 Å². The van der Waals surface area contributed by atoms with Crippen LogP contribution in [0.3, 0.4) is 0 Å². The molecule has 0 atom stereocenters. The van der Waals surface area contributed by atoms with Crippen molar-refractivity contribution in [2.45, 2.75) is 0 Å². The fourth-order valence-corrected chi connectivity index (χ4v) is 3.09. The van der Waals surface area contributed by atoms with Crippen molar-refractivity contribution in [3.8, 4) is 11.5 Å². The lowest BCUT2D eigenvalue weighted by molar-refractivity contribution is 0.102. The van der Waals surface area contributed by atoms with Crippen molar-refractivity contribution in [2.75, 3.05) is 0 Å². The lowest BCUT2D eigenvalue weighted by Gasteiger charge is -2.12. The highest BCUT2D eigenvalue weighted by molar-refractivity contribution is 9.10. The van der Waals surface area contributed by atoms with Crippen molar-refractivity contribution in [1.29, 1.82) is 0 Å². The molecule has 0 spiro atoms. The number of aromatic hydroxyl groups is 2. The molecule has 0 aromatic heterocycles. The second kappa shape index (κ2) is 6.91. The molecule has 0 bridgehead atoms. The minimum Gasteiger partial charge on any atom is -0.504 e. The third-order valence-electron chi connectivity index (χ3n) is 3.77. The highest BCUT2D eigenvalue weighted by Gasteiger charge is 2.25. The first kappa shape index (κ1) is 16.9. The molecule has 3 aromatic carbocycles. The Morgan fingerprint density at radius 3 is 1.72 bits per heavy atom.